The Morgan fingerprint density at radius 3 is 2.22 bits per heavy atom. The largest absolute Gasteiger partial charge is 0.494 e. The number of benzene rings is 2. The lowest BCUT2D eigenvalue weighted by Gasteiger charge is -2.24. The molecule has 1 heterocycles. The third kappa shape index (κ3) is 13.1. The summed E-state index contributed by atoms with van der Waals surface area (Å²) in [7, 11) is 2.29. The molecule has 4 N–H and O–H groups in total. The molecule has 3 rings (SSSR count). The molecule has 0 aliphatic carbocycles. The first-order valence-electron chi connectivity index (χ1n) is 17.9. The molecule has 292 valence electrons. The summed E-state index contributed by atoms with van der Waals surface area (Å²) in [6.07, 6.45) is 3.03. The monoisotopic (exact) mass is 750 g/mol. The zero-order valence-electron chi connectivity index (χ0n) is 31.4. The molecule has 2 aromatic carbocycles. The summed E-state index contributed by atoms with van der Waals surface area (Å²) in [5, 5.41) is 7.82. The van der Waals surface area contributed by atoms with Gasteiger partial charge in [0.25, 0.3) is 11.8 Å². The molecule has 0 saturated carbocycles. The second kappa shape index (κ2) is 22.4. The van der Waals surface area contributed by atoms with Gasteiger partial charge < -0.3 is 34.6 Å². The molecule has 0 spiro atoms. The van der Waals surface area contributed by atoms with E-state index in [1.54, 1.807) is 13.0 Å². The van der Waals surface area contributed by atoms with E-state index >= 15 is 0 Å². The number of amides is 4. The SMILES string of the molecule is CCCCC[C@@H](C(=O)NCNC(=O)c1ccc(-c2cc(OCC)cc(C(=O)N[C@@H](CC(=O)OC)C(=O)OC)c2)o1)[C@@H](CC)C(=O)NOCc1ccccc1. The number of carbonyl (C=O) groups excluding carboxylic acids is 6. The molecule has 0 radical (unpaired) electrons. The van der Waals surface area contributed by atoms with E-state index in [0.29, 0.717) is 24.2 Å². The number of hydroxylamine groups is 1. The highest BCUT2D eigenvalue weighted by molar-refractivity contribution is 5.99. The van der Waals surface area contributed by atoms with Crippen LogP contribution in [0.2, 0.25) is 0 Å². The molecule has 3 atom stereocenters. The average Bonchev–Trinajstić information content (AvgIpc) is 3.68. The lowest BCUT2D eigenvalue weighted by Crippen LogP contribution is -2.45. The van der Waals surface area contributed by atoms with E-state index < -0.39 is 54.0 Å². The van der Waals surface area contributed by atoms with Crippen LogP contribution in [-0.4, -0.2) is 69.1 Å². The van der Waals surface area contributed by atoms with E-state index in [9.17, 15) is 28.8 Å². The predicted octanol–water partition coefficient (Wildman–Crippen LogP) is 4.45. The fraction of sp³-hybridized carbons (Fsp3) is 0.436. The Balaban J connectivity index is 1.67. The summed E-state index contributed by atoms with van der Waals surface area (Å²) in [6.45, 7) is 5.88. The highest BCUT2D eigenvalue weighted by atomic mass is 16.7. The van der Waals surface area contributed by atoms with Gasteiger partial charge in [-0.3, -0.25) is 28.8 Å². The average molecular weight is 751 g/mol. The molecular weight excluding hydrogens is 700 g/mol. The highest BCUT2D eigenvalue weighted by Crippen LogP contribution is 2.29. The zero-order chi connectivity index (χ0) is 39.5. The Bertz CT molecular complexity index is 1710. The van der Waals surface area contributed by atoms with Crippen molar-refractivity contribution in [2.75, 3.05) is 27.5 Å². The van der Waals surface area contributed by atoms with E-state index in [0.717, 1.165) is 39.0 Å². The van der Waals surface area contributed by atoms with Crippen molar-refractivity contribution >= 4 is 35.6 Å². The Hall–Kier alpha value is -5.70. The first-order chi connectivity index (χ1) is 26.0. The smallest absolute Gasteiger partial charge is 0.328 e. The molecule has 1 aromatic heterocycles. The summed E-state index contributed by atoms with van der Waals surface area (Å²) in [4.78, 5) is 82.3. The summed E-state index contributed by atoms with van der Waals surface area (Å²) < 4.78 is 20.8. The van der Waals surface area contributed by atoms with Crippen molar-refractivity contribution in [3.63, 3.8) is 0 Å². The van der Waals surface area contributed by atoms with Gasteiger partial charge in [-0.05, 0) is 55.7 Å². The van der Waals surface area contributed by atoms with Gasteiger partial charge in [-0.1, -0.05) is 63.4 Å². The maximum absolute atomic E-state index is 13.4. The normalized spacial score (nSPS) is 12.4. The molecule has 3 aromatic rings. The number of carbonyl (C=O) groups is 6. The van der Waals surface area contributed by atoms with Crippen LogP contribution in [0.4, 0.5) is 0 Å². The van der Waals surface area contributed by atoms with Crippen LogP contribution in [0.15, 0.2) is 65.1 Å². The van der Waals surface area contributed by atoms with Gasteiger partial charge in [0.15, 0.2) is 5.76 Å². The third-order valence-corrected chi connectivity index (χ3v) is 8.47. The molecule has 54 heavy (non-hydrogen) atoms. The fourth-order valence-corrected chi connectivity index (χ4v) is 5.62. The van der Waals surface area contributed by atoms with Crippen LogP contribution < -0.4 is 26.2 Å². The van der Waals surface area contributed by atoms with Gasteiger partial charge in [0.05, 0.1) is 46.4 Å². The number of methoxy groups -OCH3 is 2. The van der Waals surface area contributed by atoms with Gasteiger partial charge in [-0.2, -0.15) is 0 Å². The van der Waals surface area contributed by atoms with E-state index in [2.05, 4.69) is 33.1 Å². The first kappa shape index (κ1) is 42.7. The lowest BCUT2D eigenvalue weighted by molar-refractivity contribution is -0.149. The van der Waals surface area contributed by atoms with Gasteiger partial charge in [0, 0.05) is 17.0 Å². The van der Waals surface area contributed by atoms with Crippen LogP contribution in [0.5, 0.6) is 5.75 Å². The number of furan rings is 1. The summed E-state index contributed by atoms with van der Waals surface area (Å²) >= 11 is 0. The molecule has 0 aliphatic rings. The van der Waals surface area contributed by atoms with E-state index in [1.165, 1.54) is 24.3 Å². The van der Waals surface area contributed by atoms with Crippen molar-refractivity contribution in [1.29, 1.82) is 0 Å². The predicted molar refractivity (Wildman–Crippen MR) is 196 cm³/mol. The Kier molecular flexibility index (Phi) is 17.7. The molecule has 0 fully saturated rings. The highest BCUT2D eigenvalue weighted by Gasteiger charge is 2.32. The minimum Gasteiger partial charge on any atom is -0.494 e. The van der Waals surface area contributed by atoms with Crippen molar-refractivity contribution in [3.8, 4) is 17.1 Å². The molecule has 15 nitrogen and oxygen atoms in total. The summed E-state index contributed by atoms with van der Waals surface area (Å²) in [6, 6.07) is 15.6. The molecule has 0 bridgehead atoms. The number of hydrogen-bond donors (Lipinski definition) is 4. The van der Waals surface area contributed by atoms with Crippen molar-refractivity contribution in [2.24, 2.45) is 11.8 Å². The minimum absolute atomic E-state index is 0.0724. The maximum atomic E-state index is 13.4. The number of hydrogen-bond acceptors (Lipinski definition) is 11. The third-order valence-electron chi connectivity index (χ3n) is 8.47. The number of ether oxygens (including phenoxy) is 3. The Morgan fingerprint density at radius 1 is 0.796 bits per heavy atom. The van der Waals surface area contributed by atoms with Crippen LogP contribution in [0.1, 0.15) is 85.8 Å². The van der Waals surface area contributed by atoms with Gasteiger partial charge in [0.1, 0.15) is 17.6 Å². The number of esters is 2. The van der Waals surface area contributed by atoms with Crippen LogP contribution in [-0.2, 0) is 40.1 Å². The van der Waals surface area contributed by atoms with Crippen LogP contribution >= 0.6 is 0 Å². The summed E-state index contributed by atoms with van der Waals surface area (Å²) in [5.74, 6) is -4.49. The number of rotatable bonds is 22. The molecule has 4 amide bonds. The Labute approximate surface area is 314 Å². The van der Waals surface area contributed by atoms with E-state index in [-0.39, 0.29) is 42.9 Å². The molecule has 0 saturated heterocycles. The van der Waals surface area contributed by atoms with Gasteiger partial charge in [0.2, 0.25) is 11.8 Å². The zero-order valence-corrected chi connectivity index (χ0v) is 31.4. The van der Waals surface area contributed by atoms with Gasteiger partial charge in [-0.25, -0.2) is 10.3 Å². The van der Waals surface area contributed by atoms with Crippen molar-refractivity contribution in [2.45, 2.75) is 71.9 Å². The summed E-state index contributed by atoms with van der Waals surface area (Å²) in [5.41, 5.74) is 3.84. The topological polar surface area (TPSA) is 201 Å². The van der Waals surface area contributed by atoms with E-state index in [4.69, 9.17) is 18.7 Å². The molecular formula is C39H50N4O11. The first-order valence-corrected chi connectivity index (χ1v) is 17.9. The molecule has 0 aliphatic heterocycles. The van der Waals surface area contributed by atoms with Crippen molar-refractivity contribution < 1.29 is 52.2 Å². The standard InChI is InChI=1S/C39H50N4O11/c1-6-9-11-16-30(29(7-2)37(47)43-53-23-25-14-12-10-13-15-25)36(46)40-24-41-38(48)33-18-17-32(54-33)26-19-27(21-28(20-26)52-8-3)35(45)42-31(39(49)51-5)22-34(44)50-4/h10,12-15,17-21,29-31H,6-9,11,16,22-24H2,1-5H3,(H,40,46)(H,41,48)(H,42,45)(H,43,47)/t29-,30-,31+/m1/s1. The van der Waals surface area contributed by atoms with Crippen molar-refractivity contribution in [1.82, 2.24) is 21.4 Å². The second-order valence-electron chi connectivity index (χ2n) is 12.3. The quantitative estimate of drug-likeness (QED) is 0.0489. The Morgan fingerprint density at radius 2 is 1.56 bits per heavy atom. The number of unbranched alkanes of at least 4 members (excludes halogenated alkanes) is 2. The van der Waals surface area contributed by atoms with Gasteiger partial charge >= 0.3 is 11.9 Å². The minimum atomic E-state index is -1.30. The molecule has 0 unspecified atom stereocenters. The second-order valence-corrected chi connectivity index (χ2v) is 12.3. The maximum Gasteiger partial charge on any atom is 0.328 e. The van der Waals surface area contributed by atoms with Crippen LogP contribution in [0, 0.1) is 11.8 Å². The van der Waals surface area contributed by atoms with Gasteiger partial charge in [-0.15, -0.1) is 0 Å². The van der Waals surface area contributed by atoms with E-state index in [1.807, 2.05) is 37.3 Å². The lowest BCUT2D eigenvalue weighted by atomic mass is 9.84. The van der Waals surface area contributed by atoms with Crippen LogP contribution in [0.25, 0.3) is 11.3 Å². The number of nitrogens with one attached hydrogen (secondary N) is 4. The molecule has 15 heteroatoms. The van der Waals surface area contributed by atoms with Crippen LogP contribution in [0.3, 0.4) is 0 Å². The fourth-order valence-electron chi connectivity index (χ4n) is 5.62. The van der Waals surface area contributed by atoms with Crippen molar-refractivity contribution in [3.05, 3.63) is 77.6 Å².